The van der Waals surface area contributed by atoms with Crippen LogP contribution in [0, 0.1) is 21.7 Å². The fourth-order valence-electron chi connectivity index (χ4n) is 6.53. The van der Waals surface area contributed by atoms with Gasteiger partial charge < -0.3 is 10.2 Å². The monoisotopic (exact) mass is 224 g/mol. The van der Waals surface area contributed by atoms with Crippen LogP contribution in [-0.2, 0) is 0 Å². The molecule has 4 aliphatic carbocycles. The molecule has 0 aliphatic heterocycles. The van der Waals surface area contributed by atoms with Gasteiger partial charge in [0, 0.05) is 13.2 Å². The summed E-state index contributed by atoms with van der Waals surface area (Å²) in [7, 11) is 0. The summed E-state index contributed by atoms with van der Waals surface area (Å²) in [5.74, 6) is 0. The molecular formula is C14H24O2. The molecule has 0 aromatic heterocycles. The molecule has 4 rings (SSSR count). The molecule has 4 aliphatic rings. The third-order valence-corrected chi connectivity index (χ3v) is 5.48. The van der Waals surface area contributed by atoms with Crippen molar-refractivity contribution >= 4 is 0 Å². The Morgan fingerprint density at radius 2 is 1.06 bits per heavy atom. The summed E-state index contributed by atoms with van der Waals surface area (Å²) < 4.78 is 0. The lowest BCUT2D eigenvalue weighted by Gasteiger charge is -2.69. The van der Waals surface area contributed by atoms with E-state index in [0.717, 1.165) is 6.42 Å². The first kappa shape index (κ1) is 11.0. The summed E-state index contributed by atoms with van der Waals surface area (Å²) in [5, 5.41) is 19.6. The van der Waals surface area contributed by atoms with Gasteiger partial charge in [0.15, 0.2) is 0 Å². The number of hydrogen-bond donors (Lipinski definition) is 2. The van der Waals surface area contributed by atoms with Gasteiger partial charge in [0.05, 0.1) is 0 Å². The number of hydrogen-bond acceptors (Lipinski definition) is 2. The van der Waals surface area contributed by atoms with Crippen LogP contribution in [0.1, 0.15) is 52.4 Å². The van der Waals surface area contributed by atoms with Crippen molar-refractivity contribution in [1.82, 2.24) is 0 Å². The Hall–Kier alpha value is -0.0800. The van der Waals surface area contributed by atoms with Gasteiger partial charge in [0.1, 0.15) is 0 Å². The van der Waals surface area contributed by atoms with Gasteiger partial charge in [-0.2, -0.15) is 0 Å². The van der Waals surface area contributed by atoms with Crippen LogP contribution >= 0.6 is 0 Å². The topological polar surface area (TPSA) is 40.5 Å². The Morgan fingerprint density at radius 3 is 1.38 bits per heavy atom. The van der Waals surface area contributed by atoms with Crippen LogP contribution < -0.4 is 0 Å². The number of aliphatic hydroxyl groups is 2. The van der Waals surface area contributed by atoms with E-state index in [1.165, 1.54) is 32.1 Å². The molecule has 16 heavy (non-hydrogen) atoms. The van der Waals surface area contributed by atoms with Gasteiger partial charge in [0.2, 0.25) is 0 Å². The summed E-state index contributed by atoms with van der Waals surface area (Å²) in [6.07, 6.45) is 7.05. The maximum absolute atomic E-state index is 9.79. The van der Waals surface area contributed by atoms with Crippen LogP contribution in [0.5, 0.6) is 0 Å². The molecule has 2 N–H and O–H groups in total. The van der Waals surface area contributed by atoms with Gasteiger partial charge in [-0.1, -0.05) is 13.8 Å². The minimum absolute atomic E-state index is 0.126. The van der Waals surface area contributed by atoms with E-state index < -0.39 is 0 Å². The highest BCUT2D eigenvalue weighted by Crippen LogP contribution is 2.73. The van der Waals surface area contributed by atoms with Crippen LogP contribution in [0.25, 0.3) is 0 Å². The van der Waals surface area contributed by atoms with Crippen molar-refractivity contribution in [2.45, 2.75) is 52.4 Å². The molecule has 0 amide bonds. The maximum atomic E-state index is 9.79. The van der Waals surface area contributed by atoms with E-state index in [1.807, 2.05) is 0 Å². The van der Waals surface area contributed by atoms with Crippen molar-refractivity contribution in [2.24, 2.45) is 21.7 Å². The average Bonchev–Trinajstić information content (AvgIpc) is 2.12. The maximum Gasteiger partial charge on any atom is 0.0488 e. The van der Waals surface area contributed by atoms with Gasteiger partial charge in [-0.05, 0) is 60.2 Å². The second-order valence-electron chi connectivity index (χ2n) is 8.00. The minimum atomic E-state index is 0.126. The zero-order valence-electron chi connectivity index (χ0n) is 10.6. The normalized spacial score (nSPS) is 59.2. The highest BCUT2D eigenvalue weighted by Gasteiger charge is 2.64. The SMILES string of the molecule is CC12CC3(C)CC(CO)(C1)CC(CO)(C2)C3. The standard InChI is InChI=1S/C14H24O2/c1-11-3-12(2)6-13(4-11,9-15)8-14(5-11,7-12)10-16/h15-16H,3-10H2,1-2H3. The molecule has 2 nitrogen and oxygen atoms in total. The van der Waals surface area contributed by atoms with E-state index in [-0.39, 0.29) is 10.8 Å². The number of aliphatic hydroxyl groups excluding tert-OH is 2. The lowest BCUT2D eigenvalue weighted by Crippen LogP contribution is -2.61. The molecule has 2 heteroatoms. The Bertz CT molecular complexity index is 279. The Kier molecular flexibility index (Phi) is 1.96. The molecule has 0 unspecified atom stereocenters. The summed E-state index contributed by atoms with van der Waals surface area (Å²) in [6, 6.07) is 0. The molecule has 0 aromatic rings. The molecule has 4 bridgehead atoms. The lowest BCUT2D eigenvalue weighted by atomic mass is 9.36. The molecule has 0 radical (unpaired) electrons. The molecule has 92 valence electrons. The molecule has 0 atom stereocenters. The summed E-state index contributed by atoms with van der Waals surface area (Å²) in [6.45, 7) is 5.38. The van der Waals surface area contributed by atoms with Gasteiger partial charge in [-0.15, -0.1) is 0 Å². The molecule has 4 saturated carbocycles. The van der Waals surface area contributed by atoms with E-state index in [1.54, 1.807) is 0 Å². The second kappa shape index (κ2) is 2.84. The van der Waals surface area contributed by atoms with Crippen molar-refractivity contribution in [3.05, 3.63) is 0 Å². The van der Waals surface area contributed by atoms with E-state index >= 15 is 0 Å². The van der Waals surface area contributed by atoms with Gasteiger partial charge in [-0.25, -0.2) is 0 Å². The minimum Gasteiger partial charge on any atom is -0.396 e. The first-order valence-corrected chi connectivity index (χ1v) is 6.58. The Morgan fingerprint density at radius 1 is 0.688 bits per heavy atom. The summed E-state index contributed by atoms with van der Waals surface area (Å²) in [5.41, 5.74) is 0.992. The fourth-order valence-corrected chi connectivity index (χ4v) is 6.53. The smallest absolute Gasteiger partial charge is 0.0488 e. The predicted molar refractivity (Wildman–Crippen MR) is 63.0 cm³/mol. The molecule has 0 aromatic carbocycles. The second-order valence-corrected chi connectivity index (χ2v) is 8.00. The van der Waals surface area contributed by atoms with Crippen LogP contribution in [-0.4, -0.2) is 23.4 Å². The van der Waals surface area contributed by atoms with Gasteiger partial charge in [-0.3, -0.25) is 0 Å². The third-order valence-electron chi connectivity index (χ3n) is 5.48. The zero-order chi connectivity index (χ0) is 11.7. The van der Waals surface area contributed by atoms with E-state index in [9.17, 15) is 10.2 Å². The molecule has 0 spiro atoms. The first-order valence-electron chi connectivity index (χ1n) is 6.58. The van der Waals surface area contributed by atoms with Crippen LogP contribution in [0.2, 0.25) is 0 Å². The Labute approximate surface area is 98.1 Å². The highest BCUT2D eigenvalue weighted by molar-refractivity contribution is 5.15. The highest BCUT2D eigenvalue weighted by atomic mass is 16.3. The van der Waals surface area contributed by atoms with Gasteiger partial charge in [0.25, 0.3) is 0 Å². The van der Waals surface area contributed by atoms with E-state index in [0.29, 0.717) is 24.0 Å². The van der Waals surface area contributed by atoms with Crippen molar-refractivity contribution < 1.29 is 10.2 Å². The quantitative estimate of drug-likeness (QED) is 0.756. The van der Waals surface area contributed by atoms with E-state index in [2.05, 4.69) is 13.8 Å². The van der Waals surface area contributed by atoms with E-state index in [4.69, 9.17) is 0 Å². The first-order chi connectivity index (χ1) is 7.36. The molecule has 0 saturated heterocycles. The third kappa shape index (κ3) is 1.32. The largest absolute Gasteiger partial charge is 0.396 e. The molecule has 0 heterocycles. The predicted octanol–water partition coefficient (Wildman–Crippen LogP) is 2.34. The average molecular weight is 224 g/mol. The summed E-state index contributed by atoms with van der Waals surface area (Å²) in [4.78, 5) is 0. The Balaban J connectivity index is 2.06. The summed E-state index contributed by atoms with van der Waals surface area (Å²) >= 11 is 0. The van der Waals surface area contributed by atoms with Crippen molar-refractivity contribution in [1.29, 1.82) is 0 Å². The molecular weight excluding hydrogens is 200 g/mol. The van der Waals surface area contributed by atoms with Crippen molar-refractivity contribution in [3.8, 4) is 0 Å². The van der Waals surface area contributed by atoms with Crippen molar-refractivity contribution in [3.63, 3.8) is 0 Å². The fraction of sp³-hybridized carbons (Fsp3) is 1.00. The van der Waals surface area contributed by atoms with Crippen LogP contribution in [0.3, 0.4) is 0 Å². The van der Waals surface area contributed by atoms with Crippen LogP contribution in [0.4, 0.5) is 0 Å². The van der Waals surface area contributed by atoms with Gasteiger partial charge >= 0.3 is 0 Å². The zero-order valence-corrected chi connectivity index (χ0v) is 10.6. The van der Waals surface area contributed by atoms with Crippen molar-refractivity contribution in [2.75, 3.05) is 13.2 Å². The lowest BCUT2D eigenvalue weighted by molar-refractivity contribution is -0.211. The van der Waals surface area contributed by atoms with Crippen LogP contribution in [0.15, 0.2) is 0 Å². The number of rotatable bonds is 2. The molecule has 4 fully saturated rings.